The SMILES string of the molecule is O=C(Nc1cccc(C(=O)NCCc2c[nH]c3ccc(Cl)cc23)c1)C1=CSCCO1. The fourth-order valence-electron chi connectivity index (χ4n) is 3.19. The number of aromatic nitrogens is 1. The van der Waals surface area contributed by atoms with Crippen molar-refractivity contribution in [2.45, 2.75) is 6.42 Å². The Bertz CT molecular complexity index is 1130. The van der Waals surface area contributed by atoms with Crippen molar-refractivity contribution in [3.05, 3.63) is 76.0 Å². The molecule has 154 valence electrons. The highest BCUT2D eigenvalue weighted by Gasteiger charge is 2.15. The van der Waals surface area contributed by atoms with E-state index in [4.69, 9.17) is 16.3 Å². The third-order valence-electron chi connectivity index (χ3n) is 4.66. The molecule has 0 spiro atoms. The standard InChI is InChI=1S/C22H20ClN3O3S/c23-16-4-5-19-18(11-16)15(12-25-19)6-7-24-21(27)14-2-1-3-17(10-14)26-22(28)20-13-30-9-8-29-20/h1-5,10-13,25H,6-9H2,(H,24,27)(H,26,28). The van der Waals surface area contributed by atoms with Crippen molar-refractivity contribution in [1.82, 2.24) is 10.3 Å². The third-order valence-corrected chi connectivity index (χ3v) is 5.68. The van der Waals surface area contributed by atoms with Gasteiger partial charge in [0.15, 0.2) is 5.76 Å². The average Bonchev–Trinajstić information content (AvgIpc) is 3.16. The predicted octanol–water partition coefficient (Wildman–Crippen LogP) is 4.34. The number of amides is 2. The van der Waals surface area contributed by atoms with Gasteiger partial charge in [0, 0.05) is 51.1 Å². The first-order chi connectivity index (χ1) is 14.6. The molecule has 0 atom stereocenters. The van der Waals surface area contributed by atoms with Gasteiger partial charge in [-0.25, -0.2) is 0 Å². The lowest BCUT2D eigenvalue weighted by atomic mass is 10.1. The van der Waals surface area contributed by atoms with E-state index in [0.29, 0.717) is 41.6 Å². The van der Waals surface area contributed by atoms with Gasteiger partial charge in [0.05, 0.1) is 6.61 Å². The molecular formula is C22H20ClN3O3S. The van der Waals surface area contributed by atoms with Crippen LogP contribution in [0, 0.1) is 0 Å². The molecular weight excluding hydrogens is 422 g/mol. The van der Waals surface area contributed by atoms with Gasteiger partial charge in [-0.05, 0) is 48.4 Å². The number of hydrogen-bond acceptors (Lipinski definition) is 4. The molecule has 6 nitrogen and oxygen atoms in total. The number of benzene rings is 2. The van der Waals surface area contributed by atoms with Crippen LogP contribution in [0.4, 0.5) is 5.69 Å². The zero-order valence-electron chi connectivity index (χ0n) is 16.0. The highest BCUT2D eigenvalue weighted by atomic mass is 35.5. The second kappa shape index (κ2) is 9.28. The Labute approximate surface area is 183 Å². The molecule has 0 saturated carbocycles. The molecule has 1 aliphatic rings. The monoisotopic (exact) mass is 441 g/mol. The van der Waals surface area contributed by atoms with Crippen molar-refractivity contribution in [3.63, 3.8) is 0 Å². The van der Waals surface area contributed by atoms with Crippen molar-refractivity contribution in [3.8, 4) is 0 Å². The first kappa shape index (κ1) is 20.4. The summed E-state index contributed by atoms with van der Waals surface area (Å²) in [5, 5.41) is 9.13. The first-order valence-electron chi connectivity index (χ1n) is 9.50. The van der Waals surface area contributed by atoms with Crippen LogP contribution in [0.5, 0.6) is 0 Å². The van der Waals surface area contributed by atoms with Crippen molar-refractivity contribution in [2.24, 2.45) is 0 Å². The lowest BCUT2D eigenvalue weighted by Crippen LogP contribution is -2.26. The molecule has 3 aromatic rings. The average molecular weight is 442 g/mol. The number of halogens is 1. The van der Waals surface area contributed by atoms with Crippen LogP contribution in [0.15, 0.2) is 59.8 Å². The number of hydrogen-bond donors (Lipinski definition) is 3. The maximum Gasteiger partial charge on any atom is 0.291 e. The number of H-pyrrole nitrogens is 1. The zero-order chi connectivity index (χ0) is 20.9. The summed E-state index contributed by atoms with van der Waals surface area (Å²) in [6.07, 6.45) is 2.61. The summed E-state index contributed by atoms with van der Waals surface area (Å²) in [7, 11) is 0. The van der Waals surface area contributed by atoms with Crippen LogP contribution in [0.25, 0.3) is 10.9 Å². The molecule has 4 rings (SSSR count). The van der Waals surface area contributed by atoms with Crippen molar-refractivity contribution in [1.29, 1.82) is 0 Å². The Hall–Kier alpha value is -2.90. The van der Waals surface area contributed by atoms with E-state index >= 15 is 0 Å². The van der Waals surface area contributed by atoms with Gasteiger partial charge in [0.2, 0.25) is 0 Å². The molecule has 3 N–H and O–H groups in total. The van der Waals surface area contributed by atoms with E-state index in [0.717, 1.165) is 22.2 Å². The van der Waals surface area contributed by atoms with Crippen LogP contribution >= 0.6 is 23.4 Å². The van der Waals surface area contributed by atoms with E-state index in [2.05, 4.69) is 15.6 Å². The summed E-state index contributed by atoms with van der Waals surface area (Å²) >= 11 is 7.62. The summed E-state index contributed by atoms with van der Waals surface area (Å²) in [5.41, 5.74) is 3.12. The molecule has 0 saturated heterocycles. The van der Waals surface area contributed by atoms with Crippen LogP contribution in [0.2, 0.25) is 5.02 Å². The van der Waals surface area contributed by atoms with Crippen LogP contribution in [-0.4, -0.2) is 35.7 Å². The smallest absolute Gasteiger partial charge is 0.291 e. The molecule has 0 unspecified atom stereocenters. The van der Waals surface area contributed by atoms with Crippen LogP contribution in [-0.2, 0) is 16.0 Å². The van der Waals surface area contributed by atoms with Gasteiger partial charge in [0.25, 0.3) is 11.8 Å². The quantitative estimate of drug-likeness (QED) is 0.531. The van der Waals surface area contributed by atoms with Crippen molar-refractivity contribution in [2.75, 3.05) is 24.2 Å². The van der Waals surface area contributed by atoms with Crippen molar-refractivity contribution >= 4 is 51.8 Å². The molecule has 2 amide bonds. The third kappa shape index (κ3) is 4.80. The summed E-state index contributed by atoms with van der Waals surface area (Å²) in [6.45, 7) is 0.988. The minimum Gasteiger partial charge on any atom is -0.487 e. The fraction of sp³-hybridized carbons (Fsp3) is 0.182. The topological polar surface area (TPSA) is 83.2 Å². The van der Waals surface area contributed by atoms with E-state index in [1.54, 1.807) is 29.7 Å². The summed E-state index contributed by atoms with van der Waals surface area (Å²) in [5.74, 6) is 0.600. The van der Waals surface area contributed by atoms with Gasteiger partial charge >= 0.3 is 0 Å². The lowest BCUT2D eigenvalue weighted by molar-refractivity contribution is -0.116. The molecule has 1 aromatic heterocycles. The minimum absolute atomic E-state index is 0.201. The highest BCUT2D eigenvalue weighted by molar-refractivity contribution is 8.02. The fourth-order valence-corrected chi connectivity index (χ4v) is 3.98. The first-order valence-corrected chi connectivity index (χ1v) is 10.9. The number of fused-ring (bicyclic) bond motifs is 1. The molecule has 0 aliphatic carbocycles. The number of carbonyl (C=O) groups is 2. The Morgan fingerprint density at radius 3 is 2.90 bits per heavy atom. The van der Waals surface area contributed by atoms with E-state index in [1.807, 2.05) is 24.4 Å². The molecule has 8 heteroatoms. The van der Waals surface area contributed by atoms with Gasteiger partial charge < -0.3 is 20.4 Å². The summed E-state index contributed by atoms with van der Waals surface area (Å²) in [6, 6.07) is 12.5. The van der Waals surface area contributed by atoms with E-state index in [-0.39, 0.29) is 11.8 Å². The van der Waals surface area contributed by atoms with Crippen molar-refractivity contribution < 1.29 is 14.3 Å². The highest BCUT2D eigenvalue weighted by Crippen LogP contribution is 2.22. The Morgan fingerprint density at radius 1 is 1.17 bits per heavy atom. The van der Waals surface area contributed by atoms with Crippen LogP contribution in [0.1, 0.15) is 15.9 Å². The predicted molar refractivity (Wildman–Crippen MR) is 121 cm³/mol. The molecule has 2 aromatic carbocycles. The molecule has 0 fully saturated rings. The molecule has 1 aliphatic heterocycles. The number of anilines is 1. The van der Waals surface area contributed by atoms with Crippen LogP contribution < -0.4 is 10.6 Å². The zero-order valence-corrected chi connectivity index (χ0v) is 17.6. The number of aromatic amines is 1. The summed E-state index contributed by atoms with van der Waals surface area (Å²) in [4.78, 5) is 28.0. The second-order valence-electron chi connectivity index (χ2n) is 6.75. The van der Waals surface area contributed by atoms with Gasteiger partial charge in [0.1, 0.15) is 0 Å². The molecule has 0 bridgehead atoms. The number of ether oxygens (including phenoxy) is 1. The van der Waals surface area contributed by atoms with Gasteiger partial charge in [-0.1, -0.05) is 17.7 Å². The number of nitrogens with one attached hydrogen (secondary N) is 3. The van der Waals surface area contributed by atoms with E-state index in [1.165, 1.54) is 11.8 Å². The van der Waals surface area contributed by atoms with Gasteiger partial charge in [-0.3, -0.25) is 9.59 Å². The van der Waals surface area contributed by atoms with Crippen LogP contribution in [0.3, 0.4) is 0 Å². The largest absolute Gasteiger partial charge is 0.487 e. The Morgan fingerprint density at radius 2 is 2.07 bits per heavy atom. The van der Waals surface area contributed by atoms with Gasteiger partial charge in [-0.15, -0.1) is 11.8 Å². The summed E-state index contributed by atoms with van der Waals surface area (Å²) < 4.78 is 5.35. The molecule has 0 radical (unpaired) electrons. The Kier molecular flexibility index (Phi) is 6.30. The number of rotatable bonds is 6. The Balaban J connectivity index is 1.35. The van der Waals surface area contributed by atoms with E-state index < -0.39 is 0 Å². The minimum atomic E-state index is -0.322. The normalized spacial score (nSPS) is 13.4. The molecule has 2 heterocycles. The number of thioether (sulfide) groups is 1. The maximum absolute atomic E-state index is 12.5. The molecule has 30 heavy (non-hydrogen) atoms. The maximum atomic E-state index is 12.5. The van der Waals surface area contributed by atoms with Gasteiger partial charge in [-0.2, -0.15) is 0 Å². The second-order valence-corrected chi connectivity index (χ2v) is 8.16. The lowest BCUT2D eigenvalue weighted by Gasteiger charge is -2.14. The van der Waals surface area contributed by atoms with E-state index in [9.17, 15) is 9.59 Å². The number of carbonyl (C=O) groups excluding carboxylic acids is 2.